The Morgan fingerprint density at radius 1 is 1.00 bits per heavy atom. The largest absolute Gasteiger partial charge is 0.379 e. The van der Waals surface area contributed by atoms with Crippen molar-refractivity contribution in [3.63, 3.8) is 0 Å². The maximum atomic E-state index is 13.9. The summed E-state index contributed by atoms with van der Waals surface area (Å²) in [6, 6.07) is 7.00. The standard InChI is InChI=1S/C19H22F4O/c1-12-3-5-16(11-18(12,20)21)14-6-8-15(9-7-14)17-10-4-13(2)19(22,23)24-17/h4,6-9,12,16-17H,3,5,10-11H2,1-2H3. The molecule has 5 heteroatoms. The monoisotopic (exact) mass is 342 g/mol. The van der Waals surface area contributed by atoms with Gasteiger partial charge in [0.15, 0.2) is 0 Å². The second-order valence-corrected chi connectivity index (χ2v) is 7.05. The number of hydrogen-bond donors (Lipinski definition) is 0. The summed E-state index contributed by atoms with van der Waals surface area (Å²) in [6.07, 6.45) is -0.982. The SMILES string of the molecule is CC1=CCC(c2ccc(C3CCC(C)C(F)(F)C3)cc2)OC1(F)F. The maximum Gasteiger partial charge on any atom is 0.379 e. The summed E-state index contributed by atoms with van der Waals surface area (Å²) in [5, 5.41) is 0. The summed E-state index contributed by atoms with van der Waals surface area (Å²) in [5.41, 5.74) is 1.42. The first-order valence-electron chi connectivity index (χ1n) is 8.39. The number of hydrogen-bond acceptors (Lipinski definition) is 1. The van der Waals surface area contributed by atoms with Crippen LogP contribution in [0.1, 0.15) is 62.7 Å². The van der Waals surface area contributed by atoms with Crippen molar-refractivity contribution in [3.05, 3.63) is 47.0 Å². The maximum absolute atomic E-state index is 13.9. The van der Waals surface area contributed by atoms with Gasteiger partial charge in [-0.25, -0.2) is 8.78 Å². The Bertz CT molecular complexity index is 621. The van der Waals surface area contributed by atoms with Crippen molar-refractivity contribution in [1.82, 2.24) is 0 Å². The summed E-state index contributed by atoms with van der Waals surface area (Å²) in [6.45, 7) is 2.94. The van der Waals surface area contributed by atoms with Gasteiger partial charge in [0.1, 0.15) is 0 Å². The highest BCUT2D eigenvalue weighted by atomic mass is 19.3. The van der Waals surface area contributed by atoms with E-state index in [9.17, 15) is 17.6 Å². The molecule has 1 aliphatic carbocycles. The predicted octanol–water partition coefficient (Wildman–Crippen LogP) is 6.23. The molecule has 1 heterocycles. The minimum atomic E-state index is -3.25. The third-order valence-electron chi connectivity index (χ3n) is 5.35. The van der Waals surface area contributed by atoms with E-state index in [1.165, 1.54) is 13.0 Å². The lowest BCUT2D eigenvalue weighted by atomic mass is 9.77. The van der Waals surface area contributed by atoms with Crippen molar-refractivity contribution < 1.29 is 22.3 Å². The number of ether oxygens (including phenoxy) is 1. The summed E-state index contributed by atoms with van der Waals surface area (Å²) < 4.78 is 60.0. The van der Waals surface area contributed by atoms with E-state index in [1.54, 1.807) is 31.2 Å². The van der Waals surface area contributed by atoms with Crippen LogP contribution in [0.3, 0.4) is 0 Å². The van der Waals surface area contributed by atoms with E-state index >= 15 is 0 Å². The molecule has 0 aromatic heterocycles. The van der Waals surface area contributed by atoms with Gasteiger partial charge >= 0.3 is 6.11 Å². The van der Waals surface area contributed by atoms with Crippen LogP contribution >= 0.6 is 0 Å². The van der Waals surface area contributed by atoms with E-state index in [4.69, 9.17) is 4.74 Å². The van der Waals surface area contributed by atoms with Crippen LogP contribution in [0.5, 0.6) is 0 Å². The fourth-order valence-electron chi connectivity index (χ4n) is 3.49. The molecule has 1 nitrogen and oxygen atoms in total. The predicted molar refractivity (Wildman–Crippen MR) is 84.3 cm³/mol. The lowest BCUT2D eigenvalue weighted by Gasteiger charge is -2.34. The summed E-state index contributed by atoms with van der Waals surface area (Å²) in [4.78, 5) is 0. The summed E-state index contributed by atoms with van der Waals surface area (Å²) in [5.74, 6) is -3.40. The molecular formula is C19H22F4O. The molecule has 0 spiro atoms. The Kier molecular flexibility index (Phi) is 4.49. The minimum Gasteiger partial charge on any atom is -0.308 e. The molecule has 132 valence electrons. The lowest BCUT2D eigenvalue weighted by molar-refractivity contribution is -0.243. The number of rotatable bonds is 2. The normalized spacial score (nSPS) is 32.2. The number of halogens is 4. The highest BCUT2D eigenvalue weighted by Gasteiger charge is 2.43. The molecule has 2 aliphatic rings. The quantitative estimate of drug-likeness (QED) is 0.457. The van der Waals surface area contributed by atoms with E-state index < -0.39 is 24.1 Å². The molecule has 0 N–H and O–H groups in total. The minimum absolute atomic E-state index is 0.0751. The van der Waals surface area contributed by atoms with Gasteiger partial charge in [-0.3, -0.25) is 0 Å². The van der Waals surface area contributed by atoms with Gasteiger partial charge < -0.3 is 4.74 Å². The summed E-state index contributed by atoms with van der Waals surface area (Å²) >= 11 is 0. The highest BCUT2D eigenvalue weighted by molar-refractivity contribution is 5.29. The molecule has 0 bridgehead atoms. The Labute approximate surface area is 139 Å². The molecule has 1 fully saturated rings. The van der Waals surface area contributed by atoms with Gasteiger partial charge in [0, 0.05) is 17.9 Å². The van der Waals surface area contributed by atoms with Crippen LogP contribution in [-0.4, -0.2) is 12.0 Å². The van der Waals surface area contributed by atoms with Crippen LogP contribution < -0.4 is 0 Å². The lowest BCUT2D eigenvalue weighted by Crippen LogP contribution is -2.33. The van der Waals surface area contributed by atoms with Crippen LogP contribution in [0.2, 0.25) is 0 Å². The Morgan fingerprint density at radius 2 is 1.62 bits per heavy atom. The molecule has 1 aromatic rings. The van der Waals surface area contributed by atoms with E-state index in [1.807, 2.05) is 0 Å². The van der Waals surface area contributed by atoms with Gasteiger partial charge in [0.25, 0.3) is 5.92 Å². The van der Waals surface area contributed by atoms with Crippen molar-refractivity contribution in [1.29, 1.82) is 0 Å². The average molecular weight is 342 g/mol. The average Bonchev–Trinajstić information content (AvgIpc) is 2.53. The molecule has 1 saturated carbocycles. The second-order valence-electron chi connectivity index (χ2n) is 7.05. The van der Waals surface area contributed by atoms with Gasteiger partial charge in [-0.15, -0.1) is 0 Å². The Balaban J connectivity index is 1.73. The van der Waals surface area contributed by atoms with Crippen LogP contribution in [-0.2, 0) is 4.74 Å². The van der Waals surface area contributed by atoms with Gasteiger partial charge in [-0.2, -0.15) is 8.78 Å². The van der Waals surface area contributed by atoms with Crippen molar-refractivity contribution in [2.45, 2.75) is 63.6 Å². The Hall–Kier alpha value is -1.36. The van der Waals surface area contributed by atoms with Crippen molar-refractivity contribution in [2.24, 2.45) is 5.92 Å². The molecule has 1 aromatic carbocycles. The molecule has 0 radical (unpaired) electrons. The third-order valence-corrected chi connectivity index (χ3v) is 5.35. The second kappa shape index (κ2) is 6.17. The summed E-state index contributed by atoms with van der Waals surface area (Å²) in [7, 11) is 0. The van der Waals surface area contributed by atoms with Crippen LogP contribution in [0, 0.1) is 5.92 Å². The third kappa shape index (κ3) is 3.37. The molecule has 0 amide bonds. The molecule has 3 unspecified atom stereocenters. The zero-order valence-corrected chi connectivity index (χ0v) is 13.9. The van der Waals surface area contributed by atoms with Crippen LogP contribution in [0.25, 0.3) is 0 Å². The molecule has 1 aliphatic heterocycles. The zero-order chi connectivity index (χ0) is 17.5. The van der Waals surface area contributed by atoms with Gasteiger partial charge in [-0.05, 0) is 43.2 Å². The molecular weight excluding hydrogens is 320 g/mol. The molecule has 3 atom stereocenters. The molecule has 0 saturated heterocycles. The fraction of sp³-hybridized carbons (Fsp3) is 0.579. The van der Waals surface area contributed by atoms with E-state index in [0.29, 0.717) is 18.4 Å². The topological polar surface area (TPSA) is 9.23 Å². The number of benzene rings is 1. The Morgan fingerprint density at radius 3 is 2.21 bits per heavy atom. The molecule has 3 rings (SSSR count). The molecule has 24 heavy (non-hydrogen) atoms. The first-order valence-corrected chi connectivity index (χ1v) is 8.39. The van der Waals surface area contributed by atoms with Crippen molar-refractivity contribution >= 4 is 0 Å². The van der Waals surface area contributed by atoms with Crippen LogP contribution in [0.4, 0.5) is 17.6 Å². The van der Waals surface area contributed by atoms with Gasteiger partial charge in [0.2, 0.25) is 0 Å². The van der Waals surface area contributed by atoms with E-state index in [0.717, 1.165) is 12.0 Å². The van der Waals surface area contributed by atoms with Gasteiger partial charge in [0.05, 0.1) is 6.10 Å². The van der Waals surface area contributed by atoms with Crippen LogP contribution in [0.15, 0.2) is 35.9 Å². The number of alkyl halides is 4. The fourth-order valence-corrected chi connectivity index (χ4v) is 3.49. The van der Waals surface area contributed by atoms with E-state index in [-0.39, 0.29) is 17.9 Å². The van der Waals surface area contributed by atoms with E-state index in [2.05, 4.69) is 0 Å². The van der Waals surface area contributed by atoms with Crippen molar-refractivity contribution in [2.75, 3.05) is 0 Å². The first-order chi connectivity index (χ1) is 11.2. The first kappa shape index (κ1) is 17.5. The zero-order valence-electron chi connectivity index (χ0n) is 13.9. The highest BCUT2D eigenvalue weighted by Crippen LogP contribution is 2.45. The van der Waals surface area contributed by atoms with Gasteiger partial charge in [-0.1, -0.05) is 37.3 Å². The van der Waals surface area contributed by atoms with Crippen molar-refractivity contribution in [3.8, 4) is 0 Å². The smallest absolute Gasteiger partial charge is 0.308 e.